The second-order valence-corrected chi connectivity index (χ2v) is 6.89. The summed E-state index contributed by atoms with van der Waals surface area (Å²) in [4.78, 5) is 0. The summed E-state index contributed by atoms with van der Waals surface area (Å²) >= 11 is 0. The van der Waals surface area contributed by atoms with Crippen LogP contribution in [0, 0.1) is 22.7 Å². The number of nitrogens with one attached hydrogen (secondary N) is 1. The minimum Gasteiger partial charge on any atom is -0.214 e. The van der Waals surface area contributed by atoms with Crippen molar-refractivity contribution in [3.8, 4) is 12.1 Å². The Kier molecular flexibility index (Phi) is 8.21. The number of hydrogen-bond donors (Lipinski definition) is 1. The molecule has 1 unspecified atom stereocenters. The summed E-state index contributed by atoms with van der Waals surface area (Å²) in [5.74, 6) is 0. The fourth-order valence-electron chi connectivity index (χ4n) is 2.11. The highest BCUT2D eigenvalue weighted by Gasteiger charge is 2.26. The van der Waals surface area contributed by atoms with Crippen LogP contribution in [0.25, 0.3) is 0 Å². The fourth-order valence-corrected chi connectivity index (χ4v) is 3.36. The number of sulfonamides is 1. The highest BCUT2D eigenvalue weighted by Crippen LogP contribution is 2.20. The van der Waals surface area contributed by atoms with Gasteiger partial charge in [0.15, 0.2) is 5.25 Å². The van der Waals surface area contributed by atoms with Gasteiger partial charge in [-0.3, -0.25) is 0 Å². The van der Waals surface area contributed by atoms with E-state index in [0.29, 0.717) is 18.5 Å². The molecule has 0 amide bonds. The highest BCUT2D eigenvalue weighted by atomic mass is 32.2. The van der Waals surface area contributed by atoms with Crippen LogP contribution in [0.3, 0.4) is 0 Å². The maximum absolute atomic E-state index is 12.2. The predicted octanol–water partition coefficient (Wildman–Crippen LogP) is 3.03. The Morgan fingerprint density at radius 1 is 1.00 bits per heavy atom. The van der Waals surface area contributed by atoms with Crippen LogP contribution in [0.5, 0.6) is 0 Å². The monoisotopic (exact) mass is 319 g/mol. The van der Waals surface area contributed by atoms with Gasteiger partial charge in [0.2, 0.25) is 10.0 Å². The van der Waals surface area contributed by atoms with E-state index in [0.717, 1.165) is 32.1 Å². The Morgan fingerprint density at radius 3 is 2.27 bits per heavy atom. The summed E-state index contributed by atoms with van der Waals surface area (Å²) in [6.07, 6.45) is 5.10. The van der Waals surface area contributed by atoms with Crippen molar-refractivity contribution in [3.63, 3.8) is 0 Å². The summed E-state index contributed by atoms with van der Waals surface area (Å²) in [5, 5.41) is 16.4. The molecule has 1 N–H and O–H groups in total. The van der Waals surface area contributed by atoms with E-state index in [2.05, 4.69) is 10.8 Å². The normalized spacial score (nSPS) is 12.3. The number of rotatable bonds is 10. The lowest BCUT2D eigenvalue weighted by atomic mass is 10.1. The van der Waals surface area contributed by atoms with Crippen LogP contribution < -0.4 is 4.72 Å². The summed E-state index contributed by atoms with van der Waals surface area (Å²) in [6, 6.07) is 12.5. The van der Waals surface area contributed by atoms with Gasteiger partial charge in [-0.25, -0.2) is 13.1 Å². The van der Waals surface area contributed by atoms with Crippen LogP contribution in [0.2, 0.25) is 0 Å². The smallest absolute Gasteiger partial charge is 0.214 e. The van der Waals surface area contributed by atoms with E-state index in [1.165, 1.54) is 0 Å². The Hall–Kier alpha value is -1.89. The maximum atomic E-state index is 12.2. The molecule has 1 atom stereocenters. The summed E-state index contributed by atoms with van der Waals surface area (Å²) < 4.78 is 26.8. The van der Waals surface area contributed by atoms with Gasteiger partial charge in [-0.15, -0.1) is 0 Å². The van der Waals surface area contributed by atoms with Crippen molar-refractivity contribution < 1.29 is 8.42 Å². The van der Waals surface area contributed by atoms with E-state index >= 15 is 0 Å². The minimum atomic E-state index is -3.68. The van der Waals surface area contributed by atoms with Crippen molar-refractivity contribution in [1.29, 1.82) is 10.5 Å². The molecule has 5 nitrogen and oxygen atoms in total. The van der Waals surface area contributed by atoms with E-state index in [1.54, 1.807) is 30.3 Å². The summed E-state index contributed by atoms with van der Waals surface area (Å²) in [6.45, 7) is 0.339. The zero-order valence-corrected chi connectivity index (χ0v) is 13.3. The first-order chi connectivity index (χ1) is 10.6. The van der Waals surface area contributed by atoms with Gasteiger partial charge in [0, 0.05) is 13.0 Å². The highest BCUT2D eigenvalue weighted by molar-refractivity contribution is 7.90. The zero-order valence-electron chi connectivity index (χ0n) is 12.5. The molecule has 0 heterocycles. The van der Waals surface area contributed by atoms with Gasteiger partial charge >= 0.3 is 0 Å². The van der Waals surface area contributed by atoms with Crippen molar-refractivity contribution in [2.45, 2.75) is 43.8 Å². The third-order valence-electron chi connectivity index (χ3n) is 3.30. The van der Waals surface area contributed by atoms with E-state index in [-0.39, 0.29) is 0 Å². The van der Waals surface area contributed by atoms with Gasteiger partial charge in [0.25, 0.3) is 0 Å². The number of hydrogen-bond acceptors (Lipinski definition) is 4. The van der Waals surface area contributed by atoms with Gasteiger partial charge in [-0.2, -0.15) is 10.5 Å². The van der Waals surface area contributed by atoms with Crippen LogP contribution in [0.15, 0.2) is 30.3 Å². The van der Waals surface area contributed by atoms with E-state index in [9.17, 15) is 8.42 Å². The average molecular weight is 319 g/mol. The maximum Gasteiger partial charge on any atom is 0.232 e. The Morgan fingerprint density at radius 2 is 1.64 bits per heavy atom. The van der Waals surface area contributed by atoms with Crippen LogP contribution in [0.1, 0.15) is 49.3 Å². The number of nitriles is 2. The van der Waals surface area contributed by atoms with Gasteiger partial charge in [0.1, 0.15) is 0 Å². The predicted molar refractivity (Wildman–Crippen MR) is 85.0 cm³/mol. The number of unbranched alkanes of at least 4 members (excludes halogenated alkanes) is 5. The van der Waals surface area contributed by atoms with E-state index < -0.39 is 15.3 Å². The molecule has 1 rings (SSSR count). The van der Waals surface area contributed by atoms with Crippen molar-refractivity contribution in [3.05, 3.63) is 35.9 Å². The summed E-state index contributed by atoms with van der Waals surface area (Å²) in [5.41, 5.74) is 0.481. The van der Waals surface area contributed by atoms with Crippen LogP contribution in [0.4, 0.5) is 0 Å². The van der Waals surface area contributed by atoms with Crippen LogP contribution in [-0.2, 0) is 10.0 Å². The molecule has 0 saturated heterocycles. The molecule has 0 saturated carbocycles. The largest absolute Gasteiger partial charge is 0.232 e. The fraction of sp³-hybridized carbons (Fsp3) is 0.500. The first kappa shape index (κ1) is 18.2. The standard InChI is InChI=1S/C16H21N3O2S/c17-12-8-3-1-2-4-9-13-19-22(20,21)16(14-18)15-10-6-5-7-11-15/h5-7,10-11,16,19H,1-4,8-9,13H2. The second kappa shape index (κ2) is 9.94. The summed E-state index contributed by atoms with van der Waals surface area (Å²) in [7, 11) is -3.68. The van der Waals surface area contributed by atoms with Crippen molar-refractivity contribution in [2.75, 3.05) is 6.54 Å². The molecule has 0 bridgehead atoms. The third kappa shape index (κ3) is 6.26. The SMILES string of the molecule is N#CCCCCCCCNS(=O)(=O)C(C#N)c1ccccc1. The van der Waals surface area contributed by atoms with Crippen molar-refractivity contribution in [2.24, 2.45) is 0 Å². The molecule has 118 valence electrons. The van der Waals surface area contributed by atoms with Gasteiger partial charge in [-0.1, -0.05) is 49.6 Å². The molecular weight excluding hydrogens is 298 g/mol. The zero-order chi connectivity index (χ0) is 16.3. The van der Waals surface area contributed by atoms with Gasteiger partial charge in [-0.05, 0) is 18.4 Å². The second-order valence-electron chi connectivity index (χ2n) is 5.04. The molecule has 1 aromatic carbocycles. The number of benzene rings is 1. The molecule has 0 aliphatic heterocycles. The van der Waals surface area contributed by atoms with Crippen LogP contribution in [-0.4, -0.2) is 15.0 Å². The van der Waals surface area contributed by atoms with Gasteiger partial charge < -0.3 is 0 Å². The van der Waals surface area contributed by atoms with Crippen LogP contribution >= 0.6 is 0 Å². The van der Waals surface area contributed by atoms with Gasteiger partial charge in [0.05, 0.1) is 12.1 Å². The molecule has 0 radical (unpaired) electrons. The first-order valence-corrected chi connectivity index (χ1v) is 8.96. The quantitative estimate of drug-likeness (QED) is 0.671. The van der Waals surface area contributed by atoms with Crippen molar-refractivity contribution >= 4 is 10.0 Å². The van der Waals surface area contributed by atoms with Crippen molar-refractivity contribution in [1.82, 2.24) is 4.72 Å². The van der Waals surface area contributed by atoms with E-state index in [1.807, 2.05) is 6.07 Å². The number of nitrogens with zero attached hydrogens (tertiary/aromatic N) is 2. The molecule has 0 aliphatic carbocycles. The molecule has 1 aromatic rings. The molecule has 0 fully saturated rings. The van der Waals surface area contributed by atoms with E-state index in [4.69, 9.17) is 10.5 Å². The molecule has 0 aliphatic rings. The Bertz CT molecular complexity index is 615. The lowest BCUT2D eigenvalue weighted by Crippen LogP contribution is -2.29. The lowest BCUT2D eigenvalue weighted by molar-refractivity contribution is 0.565. The lowest BCUT2D eigenvalue weighted by Gasteiger charge is -2.12. The molecule has 6 heteroatoms. The first-order valence-electron chi connectivity index (χ1n) is 7.42. The third-order valence-corrected chi connectivity index (χ3v) is 4.90. The minimum absolute atomic E-state index is 0.339. The molecule has 0 aromatic heterocycles. The average Bonchev–Trinajstić information content (AvgIpc) is 2.51. The molecular formula is C16H21N3O2S. The molecule has 22 heavy (non-hydrogen) atoms. The molecule has 0 spiro atoms. The topological polar surface area (TPSA) is 93.8 Å². The Labute approximate surface area is 132 Å². The Balaban J connectivity index is 2.38.